The first-order chi connectivity index (χ1) is 7.04. The molecule has 0 saturated carbocycles. The van der Waals surface area contributed by atoms with Crippen LogP contribution < -0.4 is 0 Å². The van der Waals surface area contributed by atoms with Crippen LogP contribution in [0.5, 0.6) is 0 Å². The van der Waals surface area contributed by atoms with Crippen LogP contribution in [0.4, 0.5) is 4.39 Å². The minimum atomic E-state index is -0.982. The van der Waals surface area contributed by atoms with Crippen molar-refractivity contribution in [2.45, 2.75) is 11.5 Å². The second kappa shape index (κ2) is 5.48. The normalized spacial score (nSPS) is 10.3. The lowest BCUT2D eigenvalue weighted by Crippen LogP contribution is -2.00. The van der Waals surface area contributed by atoms with Gasteiger partial charge < -0.3 is 10.2 Å². The highest BCUT2D eigenvalue weighted by atomic mass is 79.9. The summed E-state index contributed by atoms with van der Waals surface area (Å²) in [7, 11) is 0. The van der Waals surface area contributed by atoms with Crippen LogP contribution in [-0.2, 0) is 11.4 Å². The summed E-state index contributed by atoms with van der Waals surface area (Å²) in [6.45, 7) is -0.443. The van der Waals surface area contributed by atoms with Crippen molar-refractivity contribution in [3.63, 3.8) is 0 Å². The van der Waals surface area contributed by atoms with Gasteiger partial charge in [-0.25, -0.2) is 4.39 Å². The van der Waals surface area contributed by atoms with Crippen molar-refractivity contribution < 1.29 is 19.4 Å². The molecule has 15 heavy (non-hydrogen) atoms. The first-order valence-electron chi connectivity index (χ1n) is 3.98. The Morgan fingerprint density at radius 3 is 2.73 bits per heavy atom. The quantitative estimate of drug-likeness (QED) is 0.837. The van der Waals surface area contributed by atoms with Crippen molar-refractivity contribution >= 4 is 33.7 Å². The van der Waals surface area contributed by atoms with Crippen molar-refractivity contribution in [2.75, 3.05) is 5.75 Å². The lowest BCUT2D eigenvalue weighted by atomic mass is 10.2. The summed E-state index contributed by atoms with van der Waals surface area (Å²) in [5.74, 6) is -1.69. The molecule has 2 N–H and O–H groups in total. The molecule has 1 aromatic carbocycles. The fourth-order valence-corrected chi connectivity index (χ4v) is 2.41. The molecule has 0 bridgehead atoms. The maximum Gasteiger partial charge on any atom is 0.313 e. The van der Waals surface area contributed by atoms with Crippen molar-refractivity contribution in [3.05, 3.63) is 28.0 Å². The number of carboxylic acid groups (broad SMARTS) is 1. The third-order valence-electron chi connectivity index (χ3n) is 1.63. The monoisotopic (exact) mass is 294 g/mol. The van der Waals surface area contributed by atoms with Gasteiger partial charge in [0.2, 0.25) is 0 Å². The molecule has 0 aliphatic carbocycles. The highest BCUT2D eigenvalue weighted by molar-refractivity contribution is 9.10. The van der Waals surface area contributed by atoms with Gasteiger partial charge in [-0.05, 0) is 12.1 Å². The van der Waals surface area contributed by atoms with Gasteiger partial charge >= 0.3 is 5.97 Å². The zero-order chi connectivity index (χ0) is 11.4. The van der Waals surface area contributed by atoms with Crippen LogP contribution in [0.1, 0.15) is 5.56 Å². The van der Waals surface area contributed by atoms with Crippen molar-refractivity contribution in [3.8, 4) is 0 Å². The van der Waals surface area contributed by atoms with Gasteiger partial charge in [0.15, 0.2) is 0 Å². The van der Waals surface area contributed by atoms with Crippen LogP contribution in [0.15, 0.2) is 21.5 Å². The largest absolute Gasteiger partial charge is 0.481 e. The van der Waals surface area contributed by atoms with Crippen LogP contribution in [0.25, 0.3) is 0 Å². The number of aliphatic carboxylic acids is 1. The van der Waals surface area contributed by atoms with E-state index >= 15 is 0 Å². The first kappa shape index (κ1) is 12.5. The lowest BCUT2D eigenvalue weighted by molar-refractivity contribution is -0.133. The summed E-state index contributed by atoms with van der Waals surface area (Å²) in [5, 5.41) is 17.4. The number of rotatable bonds is 4. The molecule has 3 nitrogen and oxygen atoms in total. The number of thioether (sulfide) groups is 1. The van der Waals surface area contributed by atoms with Gasteiger partial charge in [0.05, 0.1) is 12.4 Å². The van der Waals surface area contributed by atoms with E-state index in [1.807, 2.05) is 0 Å². The molecule has 0 fully saturated rings. The third kappa shape index (κ3) is 3.48. The molecule has 0 spiro atoms. The average molecular weight is 295 g/mol. The van der Waals surface area contributed by atoms with E-state index in [2.05, 4.69) is 15.9 Å². The van der Waals surface area contributed by atoms with E-state index in [0.29, 0.717) is 9.37 Å². The Labute approximate surface area is 98.4 Å². The van der Waals surface area contributed by atoms with E-state index < -0.39 is 18.4 Å². The number of hydrogen-bond donors (Lipinski definition) is 2. The molecule has 1 aromatic rings. The first-order valence-corrected chi connectivity index (χ1v) is 5.76. The summed E-state index contributed by atoms with van der Waals surface area (Å²) in [4.78, 5) is 10.8. The molecule has 1 rings (SSSR count). The summed E-state index contributed by atoms with van der Waals surface area (Å²) in [5.41, 5.74) is 0.129. The van der Waals surface area contributed by atoms with Gasteiger partial charge in [0.25, 0.3) is 0 Å². The standard InChI is InChI=1S/C9H8BrFO3S/c10-5-1-7(11)6(3-12)8(2-5)15-4-9(13)14/h1-2,12H,3-4H2,(H,13,14). The maximum absolute atomic E-state index is 13.3. The number of hydrogen-bond acceptors (Lipinski definition) is 3. The summed E-state index contributed by atoms with van der Waals surface area (Å²) >= 11 is 4.08. The fourth-order valence-electron chi connectivity index (χ4n) is 1.00. The van der Waals surface area contributed by atoms with E-state index in [1.165, 1.54) is 6.07 Å². The van der Waals surface area contributed by atoms with Crippen LogP contribution in [0, 0.1) is 5.82 Å². The molecule has 0 amide bonds. The zero-order valence-electron chi connectivity index (χ0n) is 7.54. The average Bonchev–Trinajstić information content (AvgIpc) is 2.13. The molecular weight excluding hydrogens is 287 g/mol. The lowest BCUT2D eigenvalue weighted by Gasteiger charge is -2.07. The Morgan fingerprint density at radius 1 is 1.53 bits per heavy atom. The topological polar surface area (TPSA) is 57.5 Å². The summed E-state index contributed by atoms with van der Waals surface area (Å²) in [6, 6.07) is 2.82. The number of halogens is 2. The fraction of sp³-hybridized carbons (Fsp3) is 0.222. The Bertz CT molecular complexity index is 384. The van der Waals surface area contributed by atoms with Gasteiger partial charge in [-0.3, -0.25) is 4.79 Å². The molecule has 6 heteroatoms. The van der Waals surface area contributed by atoms with Crippen LogP contribution in [0.3, 0.4) is 0 Å². The maximum atomic E-state index is 13.3. The molecule has 82 valence electrons. The van der Waals surface area contributed by atoms with Crippen LogP contribution in [-0.4, -0.2) is 21.9 Å². The van der Waals surface area contributed by atoms with E-state index in [0.717, 1.165) is 11.8 Å². The number of carboxylic acids is 1. The van der Waals surface area contributed by atoms with E-state index in [9.17, 15) is 9.18 Å². The minimum absolute atomic E-state index is 0.129. The van der Waals surface area contributed by atoms with Gasteiger partial charge in [-0.15, -0.1) is 11.8 Å². The van der Waals surface area contributed by atoms with Crippen LogP contribution in [0.2, 0.25) is 0 Å². The number of aliphatic hydroxyl groups is 1. The highest BCUT2D eigenvalue weighted by Crippen LogP contribution is 2.28. The molecule has 0 aromatic heterocycles. The zero-order valence-corrected chi connectivity index (χ0v) is 9.94. The van der Waals surface area contributed by atoms with Crippen molar-refractivity contribution in [1.29, 1.82) is 0 Å². The molecule has 0 atom stereocenters. The second-order valence-corrected chi connectivity index (χ2v) is 4.64. The Kier molecular flexibility index (Phi) is 4.56. The molecular formula is C9H8BrFO3S. The molecule has 0 heterocycles. The van der Waals surface area contributed by atoms with E-state index in [1.54, 1.807) is 6.07 Å². The van der Waals surface area contributed by atoms with Crippen LogP contribution >= 0.6 is 27.7 Å². The predicted octanol–water partition coefficient (Wildman–Crippen LogP) is 2.26. The summed E-state index contributed by atoms with van der Waals surface area (Å²) < 4.78 is 13.8. The van der Waals surface area contributed by atoms with Gasteiger partial charge in [0.1, 0.15) is 5.82 Å². The minimum Gasteiger partial charge on any atom is -0.481 e. The SMILES string of the molecule is O=C(O)CSc1cc(Br)cc(F)c1CO. The molecule has 0 radical (unpaired) electrons. The van der Waals surface area contributed by atoms with Crippen molar-refractivity contribution in [1.82, 2.24) is 0 Å². The smallest absolute Gasteiger partial charge is 0.313 e. The third-order valence-corrected chi connectivity index (χ3v) is 3.15. The summed E-state index contributed by atoms with van der Waals surface area (Å²) in [6.07, 6.45) is 0. The molecule has 0 unspecified atom stereocenters. The Morgan fingerprint density at radius 2 is 2.20 bits per heavy atom. The van der Waals surface area contributed by atoms with Gasteiger partial charge in [-0.1, -0.05) is 15.9 Å². The highest BCUT2D eigenvalue weighted by Gasteiger charge is 2.11. The predicted molar refractivity (Wildman–Crippen MR) is 58.4 cm³/mol. The van der Waals surface area contributed by atoms with E-state index in [4.69, 9.17) is 10.2 Å². The molecule has 0 aliphatic rings. The molecule has 0 aliphatic heterocycles. The number of aliphatic hydroxyl groups excluding tert-OH is 1. The number of benzene rings is 1. The second-order valence-electron chi connectivity index (χ2n) is 2.70. The van der Waals surface area contributed by atoms with Gasteiger partial charge in [-0.2, -0.15) is 0 Å². The van der Waals surface area contributed by atoms with E-state index in [-0.39, 0.29) is 11.3 Å². The Hall–Kier alpha value is -0.590. The Balaban J connectivity index is 2.98. The molecule has 0 saturated heterocycles. The van der Waals surface area contributed by atoms with Crippen molar-refractivity contribution in [2.24, 2.45) is 0 Å². The van der Waals surface area contributed by atoms with Gasteiger partial charge in [0, 0.05) is 14.9 Å². The number of carbonyl (C=O) groups is 1.